The normalized spacial score (nSPS) is 35.9. The molecule has 0 bridgehead atoms. The van der Waals surface area contributed by atoms with E-state index in [-0.39, 0.29) is 12.3 Å². The number of likely N-dealkylation sites (tertiary alicyclic amines) is 1. The Morgan fingerprint density at radius 2 is 2.04 bits per heavy atom. The van der Waals surface area contributed by atoms with E-state index < -0.39 is 11.7 Å². The summed E-state index contributed by atoms with van der Waals surface area (Å²) in [4.78, 5) is 2.34. The third-order valence-electron chi connectivity index (χ3n) is 5.11. The number of piperidine rings is 1. The highest BCUT2D eigenvalue weighted by atomic mass is 19.4. The van der Waals surface area contributed by atoms with Crippen molar-refractivity contribution in [2.45, 2.75) is 31.1 Å². The van der Waals surface area contributed by atoms with Crippen LogP contribution in [0.5, 0.6) is 0 Å². The Morgan fingerprint density at radius 3 is 2.65 bits per heavy atom. The lowest BCUT2D eigenvalue weighted by Gasteiger charge is -2.17. The summed E-state index contributed by atoms with van der Waals surface area (Å²) >= 11 is 0. The van der Waals surface area contributed by atoms with Crippen molar-refractivity contribution in [1.29, 1.82) is 0 Å². The number of epoxide rings is 1. The minimum absolute atomic E-state index is 0.170. The van der Waals surface area contributed by atoms with Crippen molar-refractivity contribution in [3.63, 3.8) is 0 Å². The van der Waals surface area contributed by atoms with Gasteiger partial charge in [-0.05, 0) is 23.5 Å². The first-order valence-corrected chi connectivity index (χ1v) is 7.89. The lowest BCUT2D eigenvalue weighted by atomic mass is 10.1. The predicted octanol–water partition coefficient (Wildman–Crippen LogP) is 2.64. The molecule has 3 aliphatic rings. The van der Waals surface area contributed by atoms with E-state index in [1.54, 1.807) is 6.07 Å². The number of hydrogen-bond donors (Lipinski definition) is 1. The molecule has 2 heterocycles. The maximum atomic E-state index is 12.7. The quantitative estimate of drug-likeness (QED) is 0.667. The van der Waals surface area contributed by atoms with Gasteiger partial charge in [0.1, 0.15) is 12.3 Å². The number of ether oxygens (including phenoxy) is 1. The Labute approximate surface area is 133 Å². The monoisotopic (exact) mass is 324 g/mol. The Bertz CT molecular complexity index is 606. The first-order chi connectivity index (χ1) is 11.0. The highest BCUT2D eigenvalue weighted by molar-refractivity contribution is 5.26. The number of halogens is 3. The Morgan fingerprint density at radius 1 is 1.30 bits per heavy atom. The summed E-state index contributed by atoms with van der Waals surface area (Å²) in [6.07, 6.45) is -2.08. The van der Waals surface area contributed by atoms with Crippen molar-refractivity contribution in [3.8, 4) is 0 Å². The molecule has 0 spiro atoms. The van der Waals surface area contributed by atoms with Crippen LogP contribution in [0.1, 0.15) is 11.1 Å². The van der Waals surface area contributed by atoms with Crippen LogP contribution in [-0.2, 0) is 17.5 Å². The molecule has 6 heteroatoms. The van der Waals surface area contributed by atoms with Crippen LogP contribution in [0, 0.1) is 11.8 Å². The van der Waals surface area contributed by atoms with Gasteiger partial charge in [-0.25, -0.2) is 0 Å². The van der Waals surface area contributed by atoms with Crippen molar-refractivity contribution in [2.24, 2.45) is 11.8 Å². The molecule has 1 saturated carbocycles. The van der Waals surface area contributed by atoms with E-state index in [4.69, 9.17) is 4.74 Å². The third kappa shape index (κ3) is 2.91. The van der Waals surface area contributed by atoms with E-state index in [0.717, 1.165) is 19.2 Å². The maximum absolute atomic E-state index is 12.7. The molecular weight excluding hydrogens is 305 g/mol. The number of nitrogens with one attached hydrogen (secondary N) is 1. The second kappa shape index (κ2) is 5.33. The van der Waals surface area contributed by atoms with Crippen molar-refractivity contribution in [3.05, 3.63) is 48.0 Å². The van der Waals surface area contributed by atoms with E-state index >= 15 is 0 Å². The van der Waals surface area contributed by atoms with Gasteiger partial charge in [-0.2, -0.15) is 13.2 Å². The standard InChI is InChI=1S/C17H19F3N2O/c1-2-14-16(23-14)22-8-12-13(9-22)15(12)21-7-10-4-3-5-11(6-10)17(18,19)20/h2-6,12-16,21H,1,7-9H2/t12-,13+,14?,15?,16?. The largest absolute Gasteiger partial charge is 0.416 e. The van der Waals surface area contributed by atoms with Gasteiger partial charge in [-0.1, -0.05) is 24.3 Å². The maximum Gasteiger partial charge on any atom is 0.416 e. The number of rotatable bonds is 5. The molecule has 0 aromatic heterocycles. The van der Waals surface area contributed by atoms with Crippen LogP contribution in [0.3, 0.4) is 0 Å². The Balaban J connectivity index is 1.27. The summed E-state index contributed by atoms with van der Waals surface area (Å²) in [6.45, 7) is 6.22. The second-order valence-corrected chi connectivity index (χ2v) is 6.61. The van der Waals surface area contributed by atoms with Gasteiger partial charge in [0, 0.05) is 25.7 Å². The molecule has 2 aliphatic heterocycles. The second-order valence-electron chi connectivity index (χ2n) is 6.61. The van der Waals surface area contributed by atoms with E-state index in [1.807, 2.05) is 6.08 Å². The van der Waals surface area contributed by atoms with Crippen LogP contribution in [0.25, 0.3) is 0 Å². The molecule has 1 aromatic carbocycles. The third-order valence-corrected chi connectivity index (χ3v) is 5.11. The van der Waals surface area contributed by atoms with Gasteiger partial charge < -0.3 is 10.1 Å². The molecule has 0 amide bonds. The molecule has 3 fully saturated rings. The molecular formula is C17H19F3N2O. The molecule has 0 radical (unpaired) electrons. The van der Waals surface area contributed by atoms with Gasteiger partial charge in [-0.3, -0.25) is 4.90 Å². The van der Waals surface area contributed by atoms with Gasteiger partial charge in [0.2, 0.25) is 0 Å². The van der Waals surface area contributed by atoms with Gasteiger partial charge >= 0.3 is 6.18 Å². The van der Waals surface area contributed by atoms with Crippen molar-refractivity contribution in [1.82, 2.24) is 10.2 Å². The molecule has 3 unspecified atom stereocenters. The summed E-state index contributed by atoms with van der Waals surface area (Å²) in [7, 11) is 0. The Kier molecular flexibility index (Phi) is 3.51. The van der Waals surface area contributed by atoms with Gasteiger partial charge in [0.25, 0.3) is 0 Å². The lowest BCUT2D eigenvalue weighted by Crippen LogP contribution is -2.33. The zero-order chi connectivity index (χ0) is 16.2. The molecule has 23 heavy (non-hydrogen) atoms. The Hall–Kier alpha value is -1.37. The van der Waals surface area contributed by atoms with Crippen LogP contribution in [0.4, 0.5) is 13.2 Å². The lowest BCUT2D eigenvalue weighted by molar-refractivity contribution is -0.137. The summed E-state index contributed by atoms with van der Waals surface area (Å²) in [5.74, 6) is 1.19. The fraction of sp³-hybridized carbons (Fsp3) is 0.529. The zero-order valence-electron chi connectivity index (χ0n) is 12.6. The first-order valence-electron chi connectivity index (χ1n) is 7.89. The fourth-order valence-electron chi connectivity index (χ4n) is 3.74. The van der Waals surface area contributed by atoms with Gasteiger partial charge in [-0.15, -0.1) is 6.58 Å². The molecule has 1 N–H and O–H groups in total. The number of nitrogens with zero attached hydrogens (tertiary/aromatic N) is 1. The molecule has 5 atom stereocenters. The molecule has 3 nitrogen and oxygen atoms in total. The van der Waals surface area contributed by atoms with Crippen molar-refractivity contribution < 1.29 is 17.9 Å². The number of fused-ring (bicyclic) bond motifs is 1. The number of alkyl halides is 3. The van der Waals surface area contributed by atoms with Crippen LogP contribution in [0.2, 0.25) is 0 Å². The average molecular weight is 324 g/mol. The molecule has 1 aromatic rings. The zero-order valence-corrected chi connectivity index (χ0v) is 12.6. The highest BCUT2D eigenvalue weighted by Crippen LogP contribution is 2.48. The van der Waals surface area contributed by atoms with Crippen LogP contribution in [0.15, 0.2) is 36.9 Å². The minimum atomic E-state index is -4.28. The molecule has 1 aliphatic carbocycles. The molecule has 2 saturated heterocycles. The van der Waals surface area contributed by atoms with Crippen molar-refractivity contribution >= 4 is 0 Å². The predicted molar refractivity (Wildman–Crippen MR) is 79.5 cm³/mol. The van der Waals surface area contributed by atoms with Crippen molar-refractivity contribution in [2.75, 3.05) is 13.1 Å². The van der Waals surface area contributed by atoms with Crippen LogP contribution >= 0.6 is 0 Å². The van der Waals surface area contributed by atoms with Gasteiger partial charge in [0.05, 0.1) is 5.56 Å². The topological polar surface area (TPSA) is 27.8 Å². The van der Waals surface area contributed by atoms with Crippen LogP contribution < -0.4 is 5.32 Å². The number of benzene rings is 1. The summed E-state index contributed by atoms with van der Waals surface area (Å²) in [5, 5.41) is 3.40. The average Bonchev–Trinajstić information content (AvgIpc) is 3.40. The van der Waals surface area contributed by atoms with E-state index in [0.29, 0.717) is 30.0 Å². The van der Waals surface area contributed by atoms with Gasteiger partial charge in [0.15, 0.2) is 0 Å². The first kappa shape index (κ1) is 15.2. The smallest absolute Gasteiger partial charge is 0.349 e. The van der Waals surface area contributed by atoms with Crippen LogP contribution in [-0.4, -0.2) is 36.4 Å². The van der Waals surface area contributed by atoms with E-state index in [2.05, 4.69) is 16.8 Å². The summed E-state index contributed by atoms with van der Waals surface area (Å²) < 4.78 is 43.6. The van der Waals surface area contributed by atoms with E-state index in [9.17, 15) is 13.2 Å². The SMILES string of the molecule is C=CC1OC1N1C[C@@H]2C(NCc3cccc(C(F)(F)F)c3)[C@@H]2C1. The minimum Gasteiger partial charge on any atom is -0.349 e. The van der Waals surface area contributed by atoms with E-state index in [1.165, 1.54) is 12.1 Å². The molecule has 124 valence electrons. The summed E-state index contributed by atoms with van der Waals surface area (Å²) in [6, 6.07) is 5.96. The number of hydrogen-bond acceptors (Lipinski definition) is 3. The molecule has 4 rings (SSSR count). The highest BCUT2D eigenvalue weighted by Gasteiger charge is 2.59. The summed E-state index contributed by atoms with van der Waals surface area (Å²) in [5.41, 5.74) is 0.0965. The fourth-order valence-corrected chi connectivity index (χ4v) is 3.74.